The molecule has 2 amide bonds. The van der Waals surface area contributed by atoms with Crippen LogP contribution in [0, 0.1) is 6.92 Å². The van der Waals surface area contributed by atoms with Crippen LogP contribution in [0.15, 0.2) is 35.0 Å². The molecule has 0 aliphatic carbocycles. The zero-order valence-corrected chi connectivity index (χ0v) is 16.5. The van der Waals surface area contributed by atoms with Gasteiger partial charge in [-0.2, -0.15) is 4.98 Å². The van der Waals surface area contributed by atoms with Gasteiger partial charge in [-0.1, -0.05) is 25.1 Å². The van der Waals surface area contributed by atoms with E-state index in [4.69, 9.17) is 4.52 Å². The van der Waals surface area contributed by atoms with E-state index in [1.54, 1.807) is 6.20 Å². The number of benzene rings is 1. The fourth-order valence-corrected chi connectivity index (χ4v) is 3.63. The first kappa shape index (κ1) is 18.4. The van der Waals surface area contributed by atoms with Crippen molar-refractivity contribution in [2.45, 2.75) is 45.4 Å². The number of pyridine rings is 1. The van der Waals surface area contributed by atoms with E-state index in [9.17, 15) is 4.79 Å². The number of aromatic nitrogens is 3. The summed E-state index contributed by atoms with van der Waals surface area (Å²) in [5, 5.41) is 8.06. The third kappa shape index (κ3) is 3.56. The third-order valence-electron chi connectivity index (χ3n) is 5.24. The van der Waals surface area contributed by atoms with Crippen LogP contribution in [0.5, 0.6) is 0 Å². The highest BCUT2D eigenvalue weighted by atomic mass is 16.5. The minimum absolute atomic E-state index is 0.0796. The number of piperidine rings is 1. The van der Waals surface area contributed by atoms with Crippen LogP contribution in [-0.4, -0.2) is 39.1 Å². The quantitative estimate of drug-likeness (QED) is 0.726. The number of amides is 2. The lowest BCUT2D eigenvalue weighted by Gasteiger charge is -2.31. The SMILES string of the molecule is Cc1ccc(NC(=O)N2CCC[C@H](c3nc(C(C)C)no3)C2)c2cccnc12. The number of anilines is 1. The molecule has 1 aliphatic heterocycles. The fourth-order valence-electron chi connectivity index (χ4n) is 3.63. The van der Waals surface area contributed by atoms with Crippen molar-refractivity contribution in [1.82, 2.24) is 20.0 Å². The Morgan fingerprint density at radius 2 is 2.18 bits per heavy atom. The van der Waals surface area contributed by atoms with Crippen molar-refractivity contribution in [2.75, 3.05) is 18.4 Å². The smallest absolute Gasteiger partial charge is 0.321 e. The molecule has 0 saturated carbocycles. The molecule has 28 heavy (non-hydrogen) atoms. The summed E-state index contributed by atoms with van der Waals surface area (Å²) < 4.78 is 5.45. The molecule has 3 heterocycles. The summed E-state index contributed by atoms with van der Waals surface area (Å²) in [7, 11) is 0. The van der Waals surface area contributed by atoms with Gasteiger partial charge in [0.1, 0.15) is 0 Å². The van der Waals surface area contributed by atoms with E-state index in [1.807, 2.05) is 49.9 Å². The number of nitrogens with one attached hydrogen (secondary N) is 1. The van der Waals surface area contributed by atoms with Gasteiger partial charge in [-0.05, 0) is 43.5 Å². The number of carbonyl (C=O) groups excluding carboxylic acids is 1. The highest BCUT2D eigenvalue weighted by Crippen LogP contribution is 2.28. The Morgan fingerprint density at radius 1 is 1.32 bits per heavy atom. The maximum absolute atomic E-state index is 12.9. The van der Waals surface area contributed by atoms with Crippen molar-refractivity contribution in [3.05, 3.63) is 47.7 Å². The number of nitrogens with zero attached hydrogens (tertiary/aromatic N) is 4. The van der Waals surface area contributed by atoms with E-state index < -0.39 is 0 Å². The number of likely N-dealkylation sites (tertiary alicyclic amines) is 1. The molecule has 3 aromatic rings. The van der Waals surface area contributed by atoms with Crippen molar-refractivity contribution in [2.24, 2.45) is 0 Å². The Kier molecular flexibility index (Phi) is 4.98. The third-order valence-corrected chi connectivity index (χ3v) is 5.24. The lowest BCUT2D eigenvalue weighted by atomic mass is 9.98. The second kappa shape index (κ2) is 7.58. The molecule has 146 valence electrons. The predicted molar refractivity (Wildman–Crippen MR) is 107 cm³/mol. The summed E-state index contributed by atoms with van der Waals surface area (Å²) in [6.45, 7) is 7.39. The molecule has 0 spiro atoms. The van der Waals surface area contributed by atoms with Crippen LogP contribution in [0.1, 0.15) is 55.8 Å². The first-order valence-electron chi connectivity index (χ1n) is 9.76. The van der Waals surface area contributed by atoms with E-state index in [0.717, 1.165) is 47.4 Å². The van der Waals surface area contributed by atoms with E-state index in [-0.39, 0.29) is 17.9 Å². The van der Waals surface area contributed by atoms with Crippen molar-refractivity contribution in [3.63, 3.8) is 0 Å². The summed E-state index contributed by atoms with van der Waals surface area (Å²) in [5.41, 5.74) is 2.77. The van der Waals surface area contributed by atoms with Gasteiger partial charge in [0.2, 0.25) is 5.89 Å². The molecule has 1 saturated heterocycles. The molecule has 0 unspecified atom stereocenters. The van der Waals surface area contributed by atoms with Crippen molar-refractivity contribution in [3.8, 4) is 0 Å². The number of urea groups is 1. The number of hydrogen-bond donors (Lipinski definition) is 1. The summed E-state index contributed by atoms with van der Waals surface area (Å²) in [4.78, 5) is 23.7. The zero-order valence-electron chi connectivity index (χ0n) is 16.5. The second-order valence-electron chi connectivity index (χ2n) is 7.69. The molecule has 0 radical (unpaired) electrons. The van der Waals surface area contributed by atoms with Gasteiger partial charge in [0, 0.05) is 30.6 Å². The number of fused-ring (bicyclic) bond motifs is 1. The van der Waals surface area contributed by atoms with E-state index in [2.05, 4.69) is 20.4 Å². The predicted octanol–water partition coefficient (Wildman–Crippen LogP) is 4.46. The average Bonchev–Trinajstić information content (AvgIpc) is 3.21. The van der Waals surface area contributed by atoms with Crippen LogP contribution in [-0.2, 0) is 0 Å². The molecular weight excluding hydrogens is 354 g/mol. The molecule has 4 rings (SSSR count). The maximum Gasteiger partial charge on any atom is 0.321 e. The van der Waals surface area contributed by atoms with Gasteiger partial charge < -0.3 is 14.7 Å². The van der Waals surface area contributed by atoms with Crippen LogP contribution < -0.4 is 5.32 Å². The highest BCUT2D eigenvalue weighted by Gasteiger charge is 2.29. The second-order valence-corrected chi connectivity index (χ2v) is 7.69. The number of aryl methyl sites for hydroxylation is 1. The Morgan fingerprint density at radius 3 is 2.96 bits per heavy atom. The highest BCUT2D eigenvalue weighted by molar-refractivity contribution is 6.01. The zero-order chi connectivity index (χ0) is 19.7. The standard InChI is InChI=1S/C21H25N5O2/c1-13(2)19-24-20(28-25-19)15-6-5-11-26(12-15)21(27)23-17-9-8-14(3)18-16(17)7-4-10-22-18/h4,7-10,13,15H,5-6,11-12H2,1-3H3,(H,23,27)/t15-/m0/s1. The molecule has 0 bridgehead atoms. The largest absolute Gasteiger partial charge is 0.339 e. The lowest BCUT2D eigenvalue weighted by Crippen LogP contribution is -2.41. The molecule has 1 N–H and O–H groups in total. The molecule has 1 fully saturated rings. The summed E-state index contributed by atoms with van der Waals surface area (Å²) in [6, 6.07) is 7.68. The van der Waals surface area contributed by atoms with Gasteiger partial charge in [0.15, 0.2) is 5.82 Å². The van der Waals surface area contributed by atoms with Crippen LogP contribution >= 0.6 is 0 Å². The topological polar surface area (TPSA) is 84.2 Å². The van der Waals surface area contributed by atoms with Gasteiger partial charge in [0.05, 0.1) is 17.1 Å². The average molecular weight is 379 g/mol. The molecule has 1 atom stereocenters. The summed E-state index contributed by atoms with van der Waals surface area (Å²) >= 11 is 0. The van der Waals surface area contributed by atoms with Gasteiger partial charge in [-0.3, -0.25) is 4.98 Å². The molecule has 7 nitrogen and oxygen atoms in total. The maximum atomic E-state index is 12.9. The number of rotatable bonds is 3. The van der Waals surface area contributed by atoms with Gasteiger partial charge in [0.25, 0.3) is 0 Å². The van der Waals surface area contributed by atoms with Crippen LogP contribution in [0.2, 0.25) is 0 Å². The Balaban J connectivity index is 1.50. The van der Waals surface area contributed by atoms with Crippen molar-refractivity contribution < 1.29 is 9.32 Å². The van der Waals surface area contributed by atoms with Crippen molar-refractivity contribution >= 4 is 22.6 Å². The molecule has 1 aliphatic rings. The minimum atomic E-state index is -0.109. The first-order chi connectivity index (χ1) is 13.5. The van der Waals surface area contributed by atoms with Crippen LogP contribution in [0.25, 0.3) is 10.9 Å². The molecule has 1 aromatic carbocycles. The van der Waals surface area contributed by atoms with Crippen LogP contribution in [0.3, 0.4) is 0 Å². The lowest BCUT2D eigenvalue weighted by molar-refractivity contribution is 0.184. The summed E-state index contributed by atoms with van der Waals surface area (Å²) in [5.74, 6) is 1.65. The van der Waals surface area contributed by atoms with Gasteiger partial charge in [-0.15, -0.1) is 0 Å². The van der Waals surface area contributed by atoms with Gasteiger partial charge >= 0.3 is 6.03 Å². The molecule has 7 heteroatoms. The normalized spacial score (nSPS) is 17.3. The van der Waals surface area contributed by atoms with Crippen LogP contribution in [0.4, 0.5) is 10.5 Å². The Labute approximate surface area is 164 Å². The monoisotopic (exact) mass is 379 g/mol. The summed E-state index contributed by atoms with van der Waals surface area (Å²) in [6.07, 6.45) is 3.63. The Hall–Kier alpha value is -2.96. The van der Waals surface area contributed by atoms with E-state index in [0.29, 0.717) is 12.4 Å². The van der Waals surface area contributed by atoms with E-state index >= 15 is 0 Å². The number of carbonyl (C=O) groups is 1. The van der Waals surface area contributed by atoms with Crippen molar-refractivity contribution in [1.29, 1.82) is 0 Å². The molecule has 2 aromatic heterocycles. The van der Waals surface area contributed by atoms with Gasteiger partial charge in [-0.25, -0.2) is 4.79 Å². The first-order valence-corrected chi connectivity index (χ1v) is 9.76. The minimum Gasteiger partial charge on any atom is -0.339 e. The van der Waals surface area contributed by atoms with E-state index in [1.165, 1.54) is 0 Å². The number of hydrogen-bond acceptors (Lipinski definition) is 5. The molecular formula is C21H25N5O2. The fraction of sp³-hybridized carbons (Fsp3) is 0.429. The Bertz CT molecular complexity index is 997.